The Morgan fingerprint density at radius 1 is 1.03 bits per heavy atom. The maximum atomic E-state index is 13.0. The Morgan fingerprint density at radius 2 is 1.72 bits per heavy atom. The van der Waals surface area contributed by atoms with E-state index in [-0.39, 0.29) is 29.7 Å². The zero-order chi connectivity index (χ0) is 21.0. The van der Waals surface area contributed by atoms with Crippen molar-refractivity contribution in [3.8, 4) is 0 Å². The molecular weight excluding hydrogens is 368 g/mol. The summed E-state index contributed by atoms with van der Waals surface area (Å²) >= 11 is 0. The number of carbonyl (C=O) groups is 2. The number of hydrogen-bond acceptors (Lipinski definition) is 5. The van der Waals surface area contributed by atoms with Crippen LogP contribution in [0.3, 0.4) is 0 Å². The van der Waals surface area contributed by atoms with Crippen LogP contribution in [-0.2, 0) is 19.0 Å². The van der Waals surface area contributed by atoms with Crippen molar-refractivity contribution >= 4 is 11.9 Å². The molecule has 5 heteroatoms. The van der Waals surface area contributed by atoms with Gasteiger partial charge in [-0.1, -0.05) is 25.1 Å². The minimum Gasteiger partial charge on any atom is -0.462 e. The van der Waals surface area contributed by atoms with Gasteiger partial charge in [-0.2, -0.15) is 0 Å². The number of fused-ring (bicyclic) bond motifs is 1. The van der Waals surface area contributed by atoms with E-state index in [0.29, 0.717) is 23.8 Å². The van der Waals surface area contributed by atoms with Crippen LogP contribution in [0.4, 0.5) is 0 Å². The molecule has 1 saturated heterocycles. The lowest BCUT2D eigenvalue weighted by atomic mass is 9.50. The number of hydrogen-bond donors (Lipinski definition) is 0. The molecule has 0 amide bonds. The van der Waals surface area contributed by atoms with Gasteiger partial charge >= 0.3 is 11.9 Å². The minimum absolute atomic E-state index is 0.293. The summed E-state index contributed by atoms with van der Waals surface area (Å²) in [5.41, 5.74) is -0.831. The number of carbonyl (C=O) groups excluding carboxylic acids is 2. The molecule has 2 saturated carbocycles. The molecule has 29 heavy (non-hydrogen) atoms. The van der Waals surface area contributed by atoms with Gasteiger partial charge in [0.1, 0.15) is 12.2 Å². The van der Waals surface area contributed by atoms with E-state index in [1.54, 1.807) is 12.1 Å². The van der Waals surface area contributed by atoms with Gasteiger partial charge in [-0.05, 0) is 70.4 Å². The largest absolute Gasteiger partial charge is 0.462 e. The molecule has 4 rings (SSSR count). The van der Waals surface area contributed by atoms with E-state index in [1.165, 1.54) is 6.92 Å². The summed E-state index contributed by atoms with van der Waals surface area (Å²) in [6.45, 7) is 10.1. The lowest BCUT2D eigenvalue weighted by Crippen LogP contribution is -2.67. The summed E-state index contributed by atoms with van der Waals surface area (Å²) < 4.78 is 18.8. The molecule has 2 aliphatic carbocycles. The third kappa shape index (κ3) is 3.00. The Hall–Kier alpha value is -1.88. The van der Waals surface area contributed by atoms with Gasteiger partial charge < -0.3 is 14.2 Å². The third-order valence-electron chi connectivity index (χ3n) is 7.95. The van der Waals surface area contributed by atoms with Crippen LogP contribution in [0.25, 0.3) is 0 Å². The van der Waals surface area contributed by atoms with E-state index in [9.17, 15) is 9.59 Å². The Bertz CT molecular complexity index is 803. The highest BCUT2D eigenvalue weighted by Crippen LogP contribution is 2.66. The number of rotatable bonds is 3. The monoisotopic (exact) mass is 400 g/mol. The van der Waals surface area contributed by atoms with Crippen LogP contribution in [0.5, 0.6) is 0 Å². The van der Waals surface area contributed by atoms with Gasteiger partial charge in [0, 0.05) is 6.92 Å². The van der Waals surface area contributed by atoms with Crippen molar-refractivity contribution in [1.82, 2.24) is 0 Å². The maximum Gasteiger partial charge on any atom is 0.338 e. The third-order valence-corrected chi connectivity index (χ3v) is 7.95. The number of ether oxygens (including phenoxy) is 3. The molecule has 0 aromatic heterocycles. The standard InChI is InChI=1S/C24H32O5/c1-15-11-12-19(27-16(2)25)23(5)20(28-21(26)17-9-7-6-8-10-17)13-18-14-24(15,23)29-22(18,3)4/h6-10,15,18-20H,11-14H2,1-5H3/t15-,18+,19-,20+,23-,24-/m0/s1. The average Bonchev–Trinajstić information content (AvgIpc) is 2.90. The second kappa shape index (κ2) is 6.83. The van der Waals surface area contributed by atoms with Crippen LogP contribution in [0.15, 0.2) is 30.3 Å². The Kier molecular flexibility index (Phi) is 4.80. The molecule has 3 fully saturated rings. The van der Waals surface area contributed by atoms with E-state index in [4.69, 9.17) is 14.2 Å². The van der Waals surface area contributed by atoms with Crippen molar-refractivity contribution in [1.29, 1.82) is 0 Å². The summed E-state index contributed by atoms with van der Waals surface area (Å²) in [6.07, 6.45) is 2.61. The van der Waals surface area contributed by atoms with Crippen molar-refractivity contribution in [3.05, 3.63) is 35.9 Å². The summed E-state index contributed by atoms with van der Waals surface area (Å²) in [6, 6.07) is 9.09. The van der Waals surface area contributed by atoms with Crippen LogP contribution in [0.2, 0.25) is 0 Å². The number of benzene rings is 1. The Morgan fingerprint density at radius 3 is 2.38 bits per heavy atom. The van der Waals surface area contributed by atoms with Crippen molar-refractivity contribution < 1.29 is 23.8 Å². The van der Waals surface area contributed by atoms with Crippen LogP contribution in [0.1, 0.15) is 70.7 Å². The van der Waals surface area contributed by atoms with Gasteiger partial charge in [-0.15, -0.1) is 0 Å². The maximum absolute atomic E-state index is 13.0. The topological polar surface area (TPSA) is 61.8 Å². The first-order valence-electron chi connectivity index (χ1n) is 10.7. The lowest BCUT2D eigenvalue weighted by Gasteiger charge is -2.60. The molecule has 1 spiro atoms. The quantitative estimate of drug-likeness (QED) is 0.697. The highest BCUT2D eigenvalue weighted by Gasteiger charge is 2.73. The fourth-order valence-corrected chi connectivity index (χ4v) is 6.25. The van der Waals surface area contributed by atoms with Gasteiger partial charge in [0.15, 0.2) is 0 Å². The van der Waals surface area contributed by atoms with E-state index < -0.39 is 11.0 Å². The molecule has 0 radical (unpaired) electrons. The lowest BCUT2D eigenvalue weighted by molar-refractivity contribution is -0.258. The molecule has 2 bridgehead atoms. The smallest absolute Gasteiger partial charge is 0.338 e. The van der Waals surface area contributed by atoms with Crippen molar-refractivity contribution in [3.63, 3.8) is 0 Å². The summed E-state index contributed by atoms with van der Waals surface area (Å²) in [5, 5.41) is 0. The normalized spacial score (nSPS) is 40.0. The molecule has 0 unspecified atom stereocenters. The fraction of sp³-hybridized carbons (Fsp3) is 0.667. The Labute approximate surface area is 173 Å². The highest BCUT2D eigenvalue weighted by molar-refractivity contribution is 5.89. The summed E-state index contributed by atoms with van der Waals surface area (Å²) in [7, 11) is 0. The first-order valence-corrected chi connectivity index (χ1v) is 10.7. The van der Waals surface area contributed by atoms with Gasteiger partial charge in [0.25, 0.3) is 0 Å². The first-order chi connectivity index (χ1) is 13.6. The predicted molar refractivity (Wildman–Crippen MR) is 108 cm³/mol. The molecule has 1 aromatic carbocycles. The zero-order valence-electron chi connectivity index (χ0n) is 18.1. The molecule has 1 aliphatic heterocycles. The SMILES string of the molecule is CC(=O)O[C@H]1CC[C@H](C)[C@@]23C[C@@H](C[C@@H](OC(=O)c4ccccc4)[C@]12C)C(C)(C)O3. The fourth-order valence-electron chi connectivity index (χ4n) is 6.25. The second-order valence-corrected chi connectivity index (χ2v) is 9.85. The van der Waals surface area contributed by atoms with Crippen LogP contribution in [0, 0.1) is 17.3 Å². The van der Waals surface area contributed by atoms with Crippen LogP contribution in [-0.4, -0.2) is 35.3 Å². The molecule has 5 nitrogen and oxygen atoms in total. The Balaban J connectivity index is 1.75. The first kappa shape index (κ1) is 20.4. The van der Waals surface area contributed by atoms with Gasteiger partial charge in [0.2, 0.25) is 0 Å². The number of esters is 2. The van der Waals surface area contributed by atoms with Crippen molar-refractivity contribution in [2.24, 2.45) is 17.3 Å². The molecular formula is C24H32O5. The summed E-state index contributed by atoms with van der Waals surface area (Å²) in [4.78, 5) is 24.9. The van der Waals surface area contributed by atoms with Gasteiger partial charge in [-0.25, -0.2) is 4.79 Å². The van der Waals surface area contributed by atoms with Crippen LogP contribution < -0.4 is 0 Å². The van der Waals surface area contributed by atoms with E-state index in [0.717, 1.165) is 19.3 Å². The van der Waals surface area contributed by atoms with Gasteiger partial charge in [-0.3, -0.25) is 4.79 Å². The molecule has 1 heterocycles. The molecule has 3 aliphatic rings. The molecule has 0 N–H and O–H groups in total. The van der Waals surface area contributed by atoms with Gasteiger partial charge in [0.05, 0.1) is 22.2 Å². The minimum atomic E-state index is -0.592. The highest BCUT2D eigenvalue weighted by atomic mass is 16.6. The van der Waals surface area contributed by atoms with E-state index in [2.05, 4.69) is 27.7 Å². The molecule has 158 valence electrons. The molecule has 6 atom stereocenters. The zero-order valence-corrected chi connectivity index (χ0v) is 18.1. The summed E-state index contributed by atoms with van der Waals surface area (Å²) in [5.74, 6) is -0.0381. The second-order valence-electron chi connectivity index (χ2n) is 9.85. The molecule has 1 aromatic rings. The van der Waals surface area contributed by atoms with E-state index >= 15 is 0 Å². The van der Waals surface area contributed by atoms with Crippen LogP contribution >= 0.6 is 0 Å². The average molecular weight is 401 g/mol. The van der Waals surface area contributed by atoms with Crippen molar-refractivity contribution in [2.45, 2.75) is 83.7 Å². The van der Waals surface area contributed by atoms with Crippen molar-refractivity contribution in [2.75, 3.05) is 0 Å². The predicted octanol–water partition coefficient (Wildman–Crippen LogP) is 4.54. The van der Waals surface area contributed by atoms with E-state index in [1.807, 2.05) is 18.2 Å².